The maximum atomic E-state index is 13.7. The first-order chi connectivity index (χ1) is 12.1. The van der Waals surface area contributed by atoms with Crippen LogP contribution in [0.15, 0.2) is 22.4 Å². The molecule has 10 heteroatoms. The Morgan fingerprint density at radius 3 is 2.27 bits per heavy atom. The van der Waals surface area contributed by atoms with Gasteiger partial charge in [-0.2, -0.15) is 0 Å². The molecule has 2 aromatic rings. The van der Waals surface area contributed by atoms with E-state index in [0.29, 0.717) is 16.9 Å². The smallest absolute Gasteiger partial charge is 0.348 e. The predicted molar refractivity (Wildman–Crippen MR) is 93.7 cm³/mol. The highest BCUT2D eigenvalue weighted by Crippen LogP contribution is 2.34. The number of carbonyl (C=O) groups excluding carboxylic acids is 2. The summed E-state index contributed by atoms with van der Waals surface area (Å²) in [7, 11) is -2.05. The molecular formula is C16H16FNO6S2. The van der Waals surface area contributed by atoms with E-state index in [1.165, 1.54) is 26.0 Å². The lowest BCUT2D eigenvalue weighted by atomic mass is 10.2. The van der Waals surface area contributed by atoms with Crippen molar-refractivity contribution in [2.24, 2.45) is 0 Å². The van der Waals surface area contributed by atoms with Crippen molar-refractivity contribution in [3.8, 4) is 0 Å². The van der Waals surface area contributed by atoms with Crippen LogP contribution < -0.4 is 4.72 Å². The largest absolute Gasteiger partial charge is 0.465 e. The molecule has 1 heterocycles. The van der Waals surface area contributed by atoms with Gasteiger partial charge in [-0.25, -0.2) is 22.4 Å². The number of hydrogen-bond donors (Lipinski definition) is 1. The molecule has 0 aliphatic rings. The third-order valence-electron chi connectivity index (χ3n) is 3.54. The fourth-order valence-corrected chi connectivity index (χ4v) is 4.95. The first-order valence-corrected chi connectivity index (χ1v) is 9.51. The summed E-state index contributed by atoms with van der Waals surface area (Å²) in [6, 6.07) is 3.82. The van der Waals surface area contributed by atoms with E-state index in [1.807, 2.05) is 0 Å². The minimum absolute atomic E-state index is 0.0189. The second-order valence-electron chi connectivity index (χ2n) is 5.27. The third-order valence-corrected chi connectivity index (χ3v) is 6.71. The summed E-state index contributed by atoms with van der Waals surface area (Å²) in [5.41, 5.74) is 0.194. The summed E-state index contributed by atoms with van der Waals surface area (Å²) in [6.07, 6.45) is 0. The van der Waals surface area contributed by atoms with Crippen molar-refractivity contribution in [2.75, 3.05) is 18.9 Å². The number of anilines is 1. The molecule has 0 spiro atoms. The third kappa shape index (κ3) is 3.70. The minimum atomic E-state index is -4.28. The van der Waals surface area contributed by atoms with Crippen LogP contribution >= 0.6 is 11.3 Å². The molecule has 0 bridgehead atoms. The Kier molecular flexibility index (Phi) is 5.67. The van der Waals surface area contributed by atoms with Crippen LogP contribution in [0.5, 0.6) is 0 Å². The fraction of sp³-hybridized carbons (Fsp3) is 0.250. The second kappa shape index (κ2) is 7.42. The van der Waals surface area contributed by atoms with Gasteiger partial charge in [0.2, 0.25) is 0 Å². The maximum absolute atomic E-state index is 13.7. The summed E-state index contributed by atoms with van der Waals surface area (Å²) < 4.78 is 50.2. The molecule has 1 aromatic heterocycles. The number of rotatable bonds is 5. The number of carbonyl (C=O) groups is 2. The number of halogens is 1. The highest BCUT2D eigenvalue weighted by Gasteiger charge is 2.32. The number of methoxy groups -OCH3 is 2. The SMILES string of the molecule is COC(=O)c1sc(S(=O)(=O)Nc2ccc(C)c(F)c2)c(C(=O)OC)c1C. The van der Waals surface area contributed by atoms with Crippen LogP contribution in [0.3, 0.4) is 0 Å². The summed E-state index contributed by atoms with van der Waals surface area (Å²) in [6.45, 7) is 2.95. The maximum Gasteiger partial charge on any atom is 0.348 e. The highest BCUT2D eigenvalue weighted by atomic mass is 32.2. The Hall–Kier alpha value is -2.46. The van der Waals surface area contributed by atoms with E-state index in [1.54, 1.807) is 0 Å². The normalized spacial score (nSPS) is 11.1. The van der Waals surface area contributed by atoms with Gasteiger partial charge in [0, 0.05) is 0 Å². The van der Waals surface area contributed by atoms with Gasteiger partial charge in [-0.15, -0.1) is 11.3 Å². The van der Waals surface area contributed by atoms with Gasteiger partial charge >= 0.3 is 11.9 Å². The van der Waals surface area contributed by atoms with Crippen molar-refractivity contribution in [1.82, 2.24) is 0 Å². The molecule has 7 nitrogen and oxygen atoms in total. The Morgan fingerprint density at radius 2 is 1.73 bits per heavy atom. The highest BCUT2D eigenvalue weighted by molar-refractivity contribution is 7.94. The van der Waals surface area contributed by atoms with E-state index in [4.69, 9.17) is 0 Å². The summed E-state index contributed by atoms with van der Waals surface area (Å²) in [5.74, 6) is -2.28. The topological polar surface area (TPSA) is 98.8 Å². The van der Waals surface area contributed by atoms with Crippen LogP contribution in [0.2, 0.25) is 0 Å². The molecule has 0 unspecified atom stereocenters. The van der Waals surface area contributed by atoms with E-state index < -0.39 is 32.0 Å². The zero-order valence-corrected chi connectivity index (χ0v) is 16.0. The van der Waals surface area contributed by atoms with Crippen LogP contribution in [0.1, 0.15) is 31.2 Å². The first kappa shape index (κ1) is 19.9. The number of sulfonamides is 1. The van der Waals surface area contributed by atoms with Crippen LogP contribution in [0, 0.1) is 19.7 Å². The number of aryl methyl sites for hydroxylation is 1. The van der Waals surface area contributed by atoms with Gasteiger partial charge in [0.05, 0.1) is 25.5 Å². The summed E-state index contributed by atoms with van der Waals surface area (Å²) in [5, 5.41) is 0. The van der Waals surface area contributed by atoms with Crippen LogP contribution in [0.4, 0.5) is 10.1 Å². The number of nitrogens with one attached hydrogen (secondary N) is 1. The molecule has 26 heavy (non-hydrogen) atoms. The molecule has 1 aromatic carbocycles. The first-order valence-electron chi connectivity index (χ1n) is 7.21. The molecule has 0 atom stereocenters. The van der Waals surface area contributed by atoms with Gasteiger partial charge in [-0.05, 0) is 37.1 Å². The van der Waals surface area contributed by atoms with E-state index in [2.05, 4.69) is 14.2 Å². The average Bonchev–Trinajstić information content (AvgIpc) is 2.95. The molecule has 0 aliphatic carbocycles. The molecule has 140 valence electrons. The number of thiophene rings is 1. The van der Waals surface area contributed by atoms with Crippen molar-refractivity contribution < 1.29 is 31.9 Å². The summed E-state index contributed by atoms with van der Waals surface area (Å²) in [4.78, 5) is 23.9. The molecule has 0 radical (unpaired) electrons. The molecule has 0 saturated carbocycles. The van der Waals surface area contributed by atoms with Gasteiger partial charge in [0.1, 0.15) is 10.7 Å². The molecule has 2 rings (SSSR count). The minimum Gasteiger partial charge on any atom is -0.465 e. The van der Waals surface area contributed by atoms with Gasteiger partial charge in [-0.3, -0.25) is 4.72 Å². The average molecular weight is 401 g/mol. The zero-order valence-electron chi connectivity index (χ0n) is 14.4. The lowest BCUT2D eigenvalue weighted by Gasteiger charge is -2.09. The van der Waals surface area contributed by atoms with Crippen molar-refractivity contribution in [3.05, 3.63) is 45.6 Å². The van der Waals surface area contributed by atoms with Gasteiger partial charge in [0.15, 0.2) is 4.21 Å². The zero-order chi connectivity index (χ0) is 19.6. The molecule has 0 saturated heterocycles. The lowest BCUT2D eigenvalue weighted by Crippen LogP contribution is -2.16. The molecule has 0 aliphatic heterocycles. The number of ether oxygens (including phenoxy) is 2. The van der Waals surface area contributed by atoms with Crippen LogP contribution in [-0.4, -0.2) is 34.6 Å². The Balaban J connectivity index is 2.58. The monoisotopic (exact) mass is 401 g/mol. The van der Waals surface area contributed by atoms with Gasteiger partial charge in [0.25, 0.3) is 10.0 Å². The molecule has 0 amide bonds. The Morgan fingerprint density at radius 1 is 1.12 bits per heavy atom. The molecule has 1 N–H and O–H groups in total. The quantitative estimate of drug-likeness (QED) is 0.774. The van der Waals surface area contributed by atoms with E-state index in [0.717, 1.165) is 20.3 Å². The molecular weight excluding hydrogens is 385 g/mol. The standard InChI is InChI=1S/C16H16FNO6S2/c1-8-5-6-10(7-11(8)17)18-26(21,22)16-12(14(19)23-3)9(2)13(25-16)15(20)24-4/h5-7,18H,1-4H3. The van der Waals surface area contributed by atoms with E-state index in [-0.39, 0.29) is 21.7 Å². The predicted octanol–water partition coefficient (Wildman–Crippen LogP) is 2.88. The number of hydrogen-bond acceptors (Lipinski definition) is 7. The van der Waals surface area contributed by atoms with Gasteiger partial charge in [-0.1, -0.05) is 6.07 Å². The van der Waals surface area contributed by atoms with Crippen LogP contribution in [0.25, 0.3) is 0 Å². The van der Waals surface area contributed by atoms with Gasteiger partial charge < -0.3 is 9.47 Å². The number of benzene rings is 1. The van der Waals surface area contributed by atoms with Crippen molar-refractivity contribution >= 4 is 39.0 Å². The van der Waals surface area contributed by atoms with Crippen LogP contribution in [-0.2, 0) is 19.5 Å². The van der Waals surface area contributed by atoms with Crippen molar-refractivity contribution in [3.63, 3.8) is 0 Å². The summed E-state index contributed by atoms with van der Waals surface area (Å²) >= 11 is 0.576. The van der Waals surface area contributed by atoms with Crippen molar-refractivity contribution in [2.45, 2.75) is 18.1 Å². The van der Waals surface area contributed by atoms with E-state index in [9.17, 15) is 22.4 Å². The number of esters is 2. The van der Waals surface area contributed by atoms with Crippen molar-refractivity contribution in [1.29, 1.82) is 0 Å². The lowest BCUT2D eigenvalue weighted by molar-refractivity contribution is 0.0596. The molecule has 0 fully saturated rings. The second-order valence-corrected chi connectivity index (χ2v) is 8.17. The Labute approximate surface area is 153 Å². The Bertz CT molecular complexity index is 981. The fourth-order valence-electron chi connectivity index (χ4n) is 2.16. The van der Waals surface area contributed by atoms with E-state index >= 15 is 0 Å².